The number of nitrogens with one attached hydrogen (secondary N) is 1. The fourth-order valence-corrected chi connectivity index (χ4v) is 1.97. The Morgan fingerprint density at radius 3 is 2.43 bits per heavy atom. The number of ether oxygens (including phenoxy) is 1. The molecule has 106 valence electrons. The van der Waals surface area contributed by atoms with E-state index in [2.05, 4.69) is 4.98 Å². The van der Waals surface area contributed by atoms with E-state index in [9.17, 15) is 0 Å². The molecule has 0 bridgehead atoms. The molecule has 0 radical (unpaired) electrons. The summed E-state index contributed by atoms with van der Waals surface area (Å²) in [5, 5.41) is 8.42. The predicted molar refractivity (Wildman–Crippen MR) is 86.5 cm³/mol. The summed E-state index contributed by atoms with van der Waals surface area (Å²) >= 11 is 0. The molecule has 5 heteroatoms. The molecule has 0 atom stereocenters. The zero-order valence-corrected chi connectivity index (χ0v) is 11.9. The zero-order valence-electron chi connectivity index (χ0n) is 11.1. The van der Waals surface area contributed by atoms with Crippen LogP contribution in [0.15, 0.2) is 60.7 Å². The van der Waals surface area contributed by atoms with Crippen LogP contribution >= 0.6 is 12.4 Å². The maximum atomic E-state index is 7.48. The van der Waals surface area contributed by atoms with Gasteiger partial charge in [-0.15, -0.1) is 12.4 Å². The minimum atomic E-state index is -0.0542. The lowest BCUT2D eigenvalue weighted by molar-refractivity contribution is 0.487. The Morgan fingerprint density at radius 2 is 1.71 bits per heavy atom. The number of hydrogen-bond donors (Lipinski definition) is 2. The fourth-order valence-electron chi connectivity index (χ4n) is 1.97. The summed E-state index contributed by atoms with van der Waals surface area (Å²) in [7, 11) is 0. The Balaban J connectivity index is 0.00000161. The molecule has 0 saturated carbocycles. The van der Waals surface area contributed by atoms with Crippen molar-refractivity contribution in [1.29, 1.82) is 5.41 Å². The third-order valence-corrected chi connectivity index (χ3v) is 2.93. The van der Waals surface area contributed by atoms with Crippen molar-refractivity contribution in [2.45, 2.75) is 0 Å². The van der Waals surface area contributed by atoms with Crippen LogP contribution in [-0.2, 0) is 0 Å². The molecule has 21 heavy (non-hydrogen) atoms. The molecule has 3 N–H and O–H groups in total. The van der Waals surface area contributed by atoms with Gasteiger partial charge < -0.3 is 10.5 Å². The number of nitrogens with two attached hydrogens (primary N) is 1. The summed E-state index contributed by atoms with van der Waals surface area (Å²) in [6.07, 6.45) is 0. The van der Waals surface area contributed by atoms with Crippen LogP contribution < -0.4 is 10.5 Å². The molecule has 3 rings (SSSR count). The summed E-state index contributed by atoms with van der Waals surface area (Å²) in [5.41, 5.74) is 6.63. The van der Waals surface area contributed by atoms with E-state index in [4.69, 9.17) is 15.9 Å². The molecule has 2 aromatic carbocycles. The SMILES string of the molecule is Cl.N=C(N)c1ccc2cccc(Oc3ccccc3)c2n1. The Hall–Kier alpha value is -2.59. The Morgan fingerprint density at radius 1 is 0.952 bits per heavy atom. The number of nitrogen functional groups attached to an aromatic ring is 1. The first kappa shape index (κ1) is 14.8. The second-order valence-corrected chi connectivity index (χ2v) is 4.35. The molecule has 3 aromatic rings. The van der Waals surface area contributed by atoms with Gasteiger partial charge in [-0.3, -0.25) is 5.41 Å². The third kappa shape index (κ3) is 3.12. The van der Waals surface area contributed by atoms with Crippen LogP contribution in [0.2, 0.25) is 0 Å². The predicted octanol–water partition coefficient (Wildman–Crippen LogP) is 3.73. The van der Waals surface area contributed by atoms with E-state index >= 15 is 0 Å². The van der Waals surface area contributed by atoms with Gasteiger partial charge in [-0.1, -0.05) is 36.4 Å². The summed E-state index contributed by atoms with van der Waals surface area (Å²) in [4.78, 5) is 4.40. The molecule has 0 fully saturated rings. The summed E-state index contributed by atoms with van der Waals surface area (Å²) in [6, 6.07) is 18.9. The van der Waals surface area contributed by atoms with Crippen LogP contribution in [0.5, 0.6) is 11.5 Å². The van der Waals surface area contributed by atoms with E-state index in [-0.39, 0.29) is 18.2 Å². The number of rotatable bonds is 3. The first-order valence-electron chi connectivity index (χ1n) is 6.21. The largest absolute Gasteiger partial charge is 0.455 e. The van der Waals surface area contributed by atoms with E-state index in [0.717, 1.165) is 11.1 Å². The van der Waals surface area contributed by atoms with Crippen molar-refractivity contribution >= 4 is 29.1 Å². The molecule has 0 aliphatic heterocycles. The second-order valence-electron chi connectivity index (χ2n) is 4.35. The second kappa shape index (κ2) is 6.24. The van der Waals surface area contributed by atoms with Gasteiger partial charge >= 0.3 is 0 Å². The Kier molecular flexibility index (Phi) is 4.40. The molecule has 1 aromatic heterocycles. The molecule has 1 heterocycles. The summed E-state index contributed by atoms with van der Waals surface area (Å²) < 4.78 is 5.85. The van der Waals surface area contributed by atoms with Gasteiger partial charge in [0.1, 0.15) is 22.8 Å². The first-order chi connectivity index (χ1) is 9.74. The van der Waals surface area contributed by atoms with Crippen LogP contribution in [-0.4, -0.2) is 10.8 Å². The molecule has 0 spiro atoms. The summed E-state index contributed by atoms with van der Waals surface area (Å²) in [6.45, 7) is 0. The highest BCUT2D eigenvalue weighted by Gasteiger charge is 2.07. The molecule has 0 aliphatic rings. The smallest absolute Gasteiger partial charge is 0.153 e. The number of aromatic nitrogens is 1. The topological polar surface area (TPSA) is 72.0 Å². The fraction of sp³-hybridized carbons (Fsp3) is 0. The highest BCUT2D eigenvalue weighted by molar-refractivity contribution is 5.96. The van der Waals surface area contributed by atoms with Crippen molar-refractivity contribution < 1.29 is 4.74 Å². The number of fused-ring (bicyclic) bond motifs is 1. The van der Waals surface area contributed by atoms with Crippen molar-refractivity contribution in [3.63, 3.8) is 0 Å². The molecule has 4 nitrogen and oxygen atoms in total. The molecular formula is C16H14ClN3O. The van der Waals surface area contributed by atoms with E-state index < -0.39 is 0 Å². The monoisotopic (exact) mass is 299 g/mol. The van der Waals surface area contributed by atoms with Crippen molar-refractivity contribution in [3.05, 3.63) is 66.4 Å². The van der Waals surface area contributed by atoms with Gasteiger partial charge in [0, 0.05) is 5.39 Å². The van der Waals surface area contributed by atoms with Gasteiger partial charge in [0.15, 0.2) is 5.75 Å². The number of benzene rings is 2. The van der Waals surface area contributed by atoms with Crippen LogP contribution in [0.25, 0.3) is 10.9 Å². The van der Waals surface area contributed by atoms with Crippen LogP contribution in [0.1, 0.15) is 5.69 Å². The lowest BCUT2D eigenvalue weighted by atomic mass is 10.2. The molecule has 0 aliphatic carbocycles. The molecular weight excluding hydrogens is 286 g/mol. The quantitative estimate of drug-likeness (QED) is 0.572. The van der Waals surface area contributed by atoms with Crippen LogP contribution in [0.3, 0.4) is 0 Å². The maximum Gasteiger partial charge on any atom is 0.153 e. The van der Waals surface area contributed by atoms with E-state index in [1.807, 2.05) is 54.6 Å². The van der Waals surface area contributed by atoms with Gasteiger partial charge in [0.2, 0.25) is 0 Å². The third-order valence-electron chi connectivity index (χ3n) is 2.93. The Bertz CT molecular complexity index is 775. The number of para-hydroxylation sites is 2. The van der Waals surface area contributed by atoms with Gasteiger partial charge in [0.05, 0.1) is 0 Å². The van der Waals surface area contributed by atoms with Crippen LogP contribution in [0, 0.1) is 5.41 Å². The minimum absolute atomic E-state index is 0. The molecule has 0 unspecified atom stereocenters. The van der Waals surface area contributed by atoms with Crippen molar-refractivity contribution in [3.8, 4) is 11.5 Å². The van der Waals surface area contributed by atoms with Crippen molar-refractivity contribution in [2.75, 3.05) is 0 Å². The lowest BCUT2D eigenvalue weighted by Crippen LogP contribution is -2.12. The van der Waals surface area contributed by atoms with Gasteiger partial charge in [0.25, 0.3) is 0 Å². The lowest BCUT2D eigenvalue weighted by Gasteiger charge is -2.09. The number of halogens is 1. The van der Waals surface area contributed by atoms with E-state index in [0.29, 0.717) is 17.0 Å². The normalized spacial score (nSPS) is 9.90. The van der Waals surface area contributed by atoms with Gasteiger partial charge in [-0.05, 0) is 24.3 Å². The van der Waals surface area contributed by atoms with Gasteiger partial charge in [-0.25, -0.2) is 4.98 Å². The highest BCUT2D eigenvalue weighted by Crippen LogP contribution is 2.28. The number of hydrogen-bond acceptors (Lipinski definition) is 3. The minimum Gasteiger partial charge on any atom is -0.455 e. The Labute approximate surface area is 128 Å². The van der Waals surface area contributed by atoms with E-state index in [1.165, 1.54) is 0 Å². The highest BCUT2D eigenvalue weighted by atomic mass is 35.5. The average molecular weight is 300 g/mol. The molecule has 0 amide bonds. The number of pyridine rings is 1. The van der Waals surface area contributed by atoms with Crippen LogP contribution in [0.4, 0.5) is 0 Å². The van der Waals surface area contributed by atoms with E-state index in [1.54, 1.807) is 6.07 Å². The van der Waals surface area contributed by atoms with Crippen molar-refractivity contribution in [1.82, 2.24) is 4.98 Å². The number of amidine groups is 1. The maximum absolute atomic E-state index is 7.48. The average Bonchev–Trinajstić information content (AvgIpc) is 2.48. The first-order valence-corrected chi connectivity index (χ1v) is 6.21. The summed E-state index contributed by atoms with van der Waals surface area (Å²) in [5.74, 6) is 1.34. The molecule has 0 saturated heterocycles. The van der Waals surface area contributed by atoms with Gasteiger partial charge in [-0.2, -0.15) is 0 Å². The number of nitrogens with zero attached hydrogens (tertiary/aromatic N) is 1. The van der Waals surface area contributed by atoms with Crippen molar-refractivity contribution in [2.24, 2.45) is 5.73 Å². The zero-order chi connectivity index (χ0) is 13.9. The standard InChI is InChI=1S/C16H13N3O.ClH/c17-16(18)13-10-9-11-5-4-8-14(15(11)19-13)20-12-6-2-1-3-7-12;/h1-10H,(H3,17,18);1H.